The molecule has 1 aliphatic rings. The van der Waals surface area contributed by atoms with E-state index in [4.69, 9.17) is 0 Å². The number of hydrogen-bond donors (Lipinski definition) is 1. The standard InChI is InChI=1S/C23H21N3O3/c1-23(2)11-17-18(19(27)12-23)14-26(16-8-4-3-5-9-16)22(29)20(17)21(28)25-15-7-6-10-24-13-15/h3-10,13-14H,11-12H2,1-2H3,(H,25,28). The number of Topliss-reactive ketones (excluding diaryl/α,β-unsaturated/α-hetero) is 1. The van der Waals surface area contributed by atoms with Crippen LogP contribution in [0.4, 0.5) is 5.69 Å². The van der Waals surface area contributed by atoms with E-state index in [-0.39, 0.29) is 16.8 Å². The molecule has 3 aromatic rings. The third-order valence-electron chi connectivity index (χ3n) is 5.09. The molecular weight excluding hydrogens is 366 g/mol. The van der Waals surface area contributed by atoms with Crippen molar-refractivity contribution < 1.29 is 9.59 Å². The van der Waals surface area contributed by atoms with Crippen LogP contribution in [-0.4, -0.2) is 21.2 Å². The van der Waals surface area contributed by atoms with Crippen LogP contribution in [0.1, 0.15) is 46.5 Å². The third-order valence-corrected chi connectivity index (χ3v) is 5.09. The SMILES string of the molecule is CC1(C)CC(=O)c2cn(-c3ccccc3)c(=O)c(C(=O)Nc3cccnc3)c2C1. The van der Waals surface area contributed by atoms with Crippen LogP contribution in [0.3, 0.4) is 0 Å². The minimum Gasteiger partial charge on any atom is -0.320 e. The van der Waals surface area contributed by atoms with Crippen LogP contribution >= 0.6 is 0 Å². The topological polar surface area (TPSA) is 81.1 Å². The number of nitrogens with one attached hydrogen (secondary N) is 1. The molecule has 0 unspecified atom stereocenters. The van der Waals surface area contributed by atoms with E-state index in [2.05, 4.69) is 10.3 Å². The monoisotopic (exact) mass is 387 g/mol. The van der Waals surface area contributed by atoms with E-state index in [1.807, 2.05) is 32.0 Å². The van der Waals surface area contributed by atoms with Gasteiger partial charge in [0.15, 0.2) is 5.78 Å². The summed E-state index contributed by atoms with van der Waals surface area (Å²) in [5, 5.41) is 2.74. The summed E-state index contributed by atoms with van der Waals surface area (Å²) in [6, 6.07) is 12.4. The number of nitrogens with zero attached hydrogens (tertiary/aromatic N) is 2. The van der Waals surface area contributed by atoms with Crippen molar-refractivity contribution in [2.24, 2.45) is 5.41 Å². The van der Waals surface area contributed by atoms with Gasteiger partial charge < -0.3 is 5.32 Å². The molecule has 0 saturated carbocycles. The van der Waals surface area contributed by atoms with Gasteiger partial charge in [-0.15, -0.1) is 0 Å². The highest BCUT2D eigenvalue weighted by Gasteiger charge is 2.36. The fourth-order valence-corrected chi connectivity index (χ4v) is 3.79. The molecule has 1 aliphatic carbocycles. The predicted molar refractivity (Wildman–Crippen MR) is 111 cm³/mol. The average Bonchev–Trinajstić information content (AvgIpc) is 2.68. The highest BCUT2D eigenvalue weighted by Crippen LogP contribution is 2.36. The van der Waals surface area contributed by atoms with Crippen molar-refractivity contribution in [3.05, 3.63) is 88.1 Å². The van der Waals surface area contributed by atoms with Crippen LogP contribution in [-0.2, 0) is 6.42 Å². The van der Waals surface area contributed by atoms with Gasteiger partial charge >= 0.3 is 0 Å². The number of ketones is 1. The molecule has 2 aromatic heterocycles. The molecule has 0 saturated heterocycles. The molecule has 6 nitrogen and oxygen atoms in total. The van der Waals surface area contributed by atoms with Gasteiger partial charge in [0.1, 0.15) is 5.56 Å². The summed E-state index contributed by atoms with van der Waals surface area (Å²) in [7, 11) is 0. The first kappa shape index (κ1) is 18.8. The predicted octanol–water partition coefficient (Wildman–Crippen LogP) is 3.64. The molecule has 2 heterocycles. The number of amides is 1. The number of pyridine rings is 2. The van der Waals surface area contributed by atoms with Crippen LogP contribution in [0.15, 0.2) is 65.8 Å². The molecule has 29 heavy (non-hydrogen) atoms. The normalized spacial score (nSPS) is 14.9. The lowest BCUT2D eigenvalue weighted by Gasteiger charge is -2.31. The van der Waals surface area contributed by atoms with Gasteiger partial charge in [-0.05, 0) is 41.7 Å². The Kier molecular flexibility index (Phi) is 4.62. The number of carbonyl (C=O) groups is 2. The molecule has 0 bridgehead atoms. The van der Waals surface area contributed by atoms with Gasteiger partial charge in [-0.25, -0.2) is 0 Å². The number of rotatable bonds is 3. The van der Waals surface area contributed by atoms with Crippen molar-refractivity contribution in [1.82, 2.24) is 9.55 Å². The number of anilines is 1. The largest absolute Gasteiger partial charge is 0.320 e. The zero-order chi connectivity index (χ0) is 20.6. The molecule has 1 amide bonds. The van der Waals surface area contributed by atoms with Crippen LogP contribution in [0, 0.1) is 5.41 Å². The van der Waals surface area contributed by atoms with Gasteiger partial charge in [-0.1, -0.05) is 32.0 Å². The Balaban J connectivity index is 1.92. The van der Waals surface area contributed by atoms with E-state index in [0.717, 1.165) is 0 Å². The van der Waals surface area contributed by atoms with Gasteiger partial charge in [0.2, 0.25) is 0 Å². The van der Waals surface area contributed by atoms with Crippen LogP contribution < -0.4 is 10.9 Å². The van der Waals surface area contributed by atoms with Crippen molar-refractivity contribution in [3.8, 4) is 5.69 Å². The van der Waals surface area contributed by atoms with Gasteiger partial charge in [-0.3, -0.25) is 23.9 Å². The second-order valence-electron chi connectivity index (χ2n) is 8.04. The lowest BCUT2D eigenvalue weighted by molar-refractivity contribution is 0.0910. The van der Waals surface area contributed by atoms with E-state index < -0.39 is 11.5 Å². The van der Waals surface area contributed by atoms with Crippen molar-refractivity contribution in [2.45, 2.75) is 26.7 Å². The van der Waals surface area contributed by atoms with Crippen molar-refractivity contribution in [2.75, 3.05) is 5.32 Å². The Bertz CT molecular complexity index is 1150. The molecule has 0 aliphatic heterocycles. The van der Waals surface area contributed by atoms with Gasteiger partial charge in [0, 0.05) is 30.1 Å². The first-order valence-electron chi connectivity index (χ1n) is 9.44. The maximum absolute atomic E-state index is 13.4. The van der Waals surface area contributed by atoms with Gasteiger partial charge in [0.05, 0.1) is 11.9 Å². The molecule has 0 spiro atoms. The molecule has 1 aromatic carbocycles. The fourth-order valence-electron chi connectivity index (χ4n) is 3.79. The summed E-state index contributed by atoms with van der Waals surface area (Å²) >= 11 is 0. The van der Waals surface area contributed by atoms with E-state index in [1.54, 1.807) is 36.7 Å². The van der Waals surface area contributed by atoms with Crippen molar-refractivity contribution in [1.29, 1.82) is 0 Å². The average molecular weight is 387 g/mol. The summed E-state index contributed by atoms with van der Waals surface area (Å²) < 4.78 is 1.38. The summed E-state index contributed by atoms with van der Waals surface area (Å²) in [5.41, 5.74) is 1.29. The van der Waals surface area contributed by atoms with Crippen LogP contribution in [0.5, 0.6) is 0 Å². The molecule has 4 rings (SSSR count). The lowest BCUT2D eigenvalue weighted by atomic mass is 9.73. The lowest BCUT2D eigenvalue weighted by Crippen LogP contribution is -2.37. The van der Waals surface area contributed by atoms with Crippen LogP contribution in [0.25, 0.3) is 5.69 Å². The molecule has 0 atom stereocenters. The number of para-hydroxylation sites is 1. The Morgan fingerprint density at radius 3 is 2.52 bits per heavy atom. The quantitative estimate of drug-likeness (QED) is 0.744. The minimum atomic E-state index is -0.532. The number of aromatic nitrogens is 2. The Hall–Kier alpha value is -3.54. The maximum atomic E-state index is 13.4. The number of fused-ring (bicyclic) bond motifs is 1. The highest BCUT2D eigenvalue weighted by atomic mass is 16.2. The Morgan fingerprint density at radius 2 is 1.83 bits per heavy atom. The second kappa shape index (κ2) is 7.13. The number of carbonyl (C=O) groups excluding carboxylic acids is 2. The summed E-state index contributed by atoms with van der Waals surface area (Å²) in [4.78, 5) is 43.4. The zero-order valence-electron chi connectivity index (χ0n) is 16.3. The molecule has 0 radical (unpaired) electrons. The number of benzene rings is 1. The first-order valence-corrected chi connectivity index (χ1v) is 9.44. The van der Waals surface area contributed by atoms with E-state index in [9.17, 15) is 14.4 Å². The van der Waals surface area contributed by atoms with Crippen molar-refractivity contribution in [3.63, 3.8) is 0 Å². The van der Waals surface area contributed by atoms with E-state index in [0.29, 0.717) is 35.3 Å². The first-order chi connectivity index (χ1) is 13.9. The fraction of sp³-hybridized carbons (Fsp3) is 0.217. The summed E-state index contributed by atoms with van der Waals surface area (Å²) in [6.07, 6.45) is 5.54. The zero-order valence-corrected chi connectivity index (χ0v) is 16.3. The Labute approximate surface area is 168 Å². The second-order valence-corrected chi connectivity index (χ2v) is 8.04. The van der Waals surface area contributed by atoms with Gasteiger partial charge in [-0.2, -0.15) is 0 Å². The molecule has 0 fully saturated rings. The molecular formula is C23H21N3O3. The maximum Gasteiger partial charge on any atom is 0.268 e. The Morgan fingerprint density at radius 1 is 1.07 bits per heavy atom. The third kappa shape index (κ3) is 3.61. The summed E-state index contributed by atoms with van der Waals surface area (Å²) in [5.74, 6) is -0.591. The molecule has 146 valence electrons. The summed E-state index contributed by atoms with van der Waals surface area (Å²) in [6.45, 7) is 3.94. The minimum absolute atomic E-state index is 0.0105. The highest BCUT2D eigenvalue weighted by molar-refractivity contribution is 6.08. The van der Waals surface area contributed by atoms with Crippen molar-refractivity contribution >= 4 is 17.4 Å². The molecule has 6 heteroatoms. The van der Waals surface area contributed by atoms with E-state index >= 15 is 0 Å². The smallest absolute Gasteiger partial charge is 0.268 e. The molecule has 1 N–H and O–H groups in total. The number of hydrogen-bond acceptors (Lipinski definition) is 4. The van der Waals surface area contributed by atoms with Gasteiger partial charge in [0.25, 0.3) is 11.5 Å². The van der Waals surface area contributed by atoms with Crippen LogP contribution in [0.2, 0.25) is 0 Å². The van der Waals surface area contributed by atoms with E-state index in [1.165, 1.54) is 10.8 Å².